The molecule has 6 nitrogen and oxygen atoms in total. The zero-order valence-corrected chi connectivity index (χ0v) is 20.1. The summed E-state index contributed by atoms with van der Waals surface area (Å²) in [5.74, 6) is -0.684. The summed E-state index contributed by atoms with van der Waals surface area (Å²) < 4.78 is 5.48. The van der Waals surface area contributed by atoms with E-state index in [4.69, 9.17) is 39.5 Å². The minimum absolute atomic E-state index is 0.0889. The van der Waals surface area contributed by atoms with Crippen LogP contribution < -0.4 is 15.4 Å². The summed E-state index contributed by atoms with van der Waals surface area (Å²) in [6.45, 7) is 1.56. The van der Waals surface area contributed by atoms with E-state index in [2.05, 4.69) is 10.6 Å². The van der Waals surface area contributed by atoms with Crippen LogP contribution in [0.1, 0.15) is 11.1 Å². The van der Waals surface area contributed by atoms with Gasteiger partial charge in [0.2, 0.25) is 0 Å². The van der Waals surface area contributed by atoms with Crippen LogP contribution in [0.25, 0.3) is 6.08 Å². The lowest BCUT2D eigenvalue weighted by molar-refractivity contribution is -0.118. The minimum atomic E-state index is -0.535. The van der Waals surface area contributed by atoms with Crippen LogP contribution in [0.3, 0.4) is 0 Å². The third-order valence-corrected chi connectivity index (χ3v) is 5.62. The molecule has 0 saturated carbocycles. The number of hydrogen-bond donors (Lipinski definition) is 2. The van der Waals surface area contributed by atoms with Gasteiger partial charge in [-0.3, -0.25) is 9.59 Å². The van der Waals surface area contributed by atoms with Crippen molar-refractivity contribution < 1.29 is 14.3 Å². The highest BCUT2D eigenvalue weighted by atomic mass is 35.5. The van der Waals surface area contributed by atoms with Crippen molar-refractivity contribution in [2.45, 2.75) is 6.92 Å². The van der Waals surface area contributed by atoms with Crippen LogP contribution in [0.5, 0.6) is 5.75 Å². The lowest BCUT2D eigenvalue weighted by Crippen LogP contribution is -2.20. The Morgan fingerprint density at radius 2 is 1.74 bits per heavy atom. The first-order valence-corrected chi connectivity index (χ1v) is 11.1. The molecule has 0 aliphatic carbocycles. The van der Waals surface area contributed by atoms with Crippen LogP contribution in [0.4, 0.5) is 11.4 Å². The van der Waals surface area contributed by atoms with Gasteiger partial charge >= 0.3 is 0 Å². The number of nitrogens with zero attached hydrogens (tertiary/aromatic N) is 1. The number of benzene rings is 3. The van der Waals surface area contributed by atoms with E-state index in [0.717, 1.165) is 5.56 Å². The fourth-order valence-corrected chi connectivity index (χ4v) is 3.40. The Morgan fingerprint density at radius 3 is 2.41 bits per heavy atom. The second-order valence-electron chi connectivity index (χ2n) is 7.09. The topological polar surface area (TPSA) is 91.2 Å². The Bertz CT molecular complexity index is 1320. The van der Waals surface area contributed by atoms with E-state index in [1.165, 1.54) is 18.2 Å². The van der Waals surface area contributed by atoms with E-state index in [-0.39, 0.29) is 23.0 Å². The number of carbonyl (C=O) groups excluding carboxylic acids is 2. The molecule has 2 N–H and O–H groups in total. The van der Waals surface area contributed by atoms with Crippen molar-refractivity contribution in [1.29, 1.82) is 5.26 Å². The SMILES string of the molecule is Cc1ccccc1NC(=O)/C(C#N)=C\c1ccc(OCC(=O)Nc2ccc(Cl)c(Cl)c2)c(Cl)c1. The number of aryl methyl sites for hydroxylation is 1. The summed E-state index contributed by atoms with van der Waals surface area (Å²) in [5.41, 5.74) is 2.40. The molecule has 0 atom stereocenters. The van der Waals surface area contributed by atoms with Crippen molar-refractivity contribution in [2.75, 3.05) is 17.2 Å². The van der Waals surface area contributed by atoms with Crippen LogP contribution >= 0.6 is 34.8 Å². The molecule has 9 heteroatoms. The lowest BCUT2D eigenvalue weighted by Gasteiger charge is -2.10. The van der Waals surface area contributed by atoms with Gasteiger partial charge in [-0.2, -0.15) is 5.26 Å². The van der Waals surface area contributed by atoms with Gasteiger partial charge in [0.15, 0.2) is 6.61 Å². The molecule has 0 aliphatic rings. The Labute approximate surface area is 211 Å². The van der Waals surface area contributed by atoms with Crippen molar-refractivity contribution in [3.63, 3.8) is 0 Å². The number of rotatable bonds is 7. The Hall–Kier alpha value is -3.50. The summed E-state index contributed by atoms with van der Waals surface area (Å²) in [4.78, 5) is 24.6. The quantitative estimate of drug-likeness (QED) is 0.277. The number of halogens is 3. The maximum Gasteiger partial charge on any atom is 0.266 e. The molecule has 0 aliphatic heterocycles. The Kier molecular flexibility index (Phi) is 8.55. The van der Waals surface area contributed by atoms with Crippen LogP contribution in [0.15, 0.2) is 66.2 Å². The normalized spacial score (nSPS) is 10.9. The summed E-state index contributed by atoms with van der Waals surface area (Å²) in [6.07, 6.45) is 1.42. The van der Waals surface area contributed by atoms with Crippen LogP contribution in [0.2, 0.25) is 15.1 Å². The van der Waals surface area contributed by atoms with Crippen LogP contribution in [-0.2, 0) is 9.59 Å². The van der Waals surface area contributed by atoms with Crippen molar-refractivity contribution in [2.24, 2.45) is 0 Å². The summed E-state index contributed by atoms with van der Waals surface area (Å²) >= 11 is 18.1. The molecule has 3 aromatic carbocycles. The van der Waals surface area contributed by atoms with Crippen LogP contribution in [0, 0.1) is 18.3 Å². The van der Waals surface area contributed by atoms with E-state index >= 15 is 0 Å². The minimum Gasteiger partial charge on any atom is -0.482 e. The van der Waals surface area contributed by atoms with Crippen molar-refractivity contribution in [1.82, 2.24) is 0 Å². The molecule has 0 aromatic heterocycles. The number of amides is 2. The average molecular weight is 515 g/mol. The first-order valence-electron chi connectivity index (χ1n) is 9.93. The standard InChI is InChI=1S/C25H18Cl3N3O3/c1-15-4-2-3-5-22(15)31-25(33)17(13-29)10-16-6-9-23(21(28)11-16)34-14-24(32)30-18-7-8-19(26)20(27)12-18/h2-12H,14H2,1H3,(H,30,32)(H,31,33)/b17-10-. The second kappa shape index (κ2) is 11.6. The molecule has 2 amide bonds. The summed E-state index contributed by atoms with van der Waals surface area (Å²) in [6, 6.07) is 18.6. The number of nitrogens with one attached hydrogen (secondary N) is 2. The molecule has 0 heterocycles. The molecule has 0 saturated heterocycles. The number of ether oxygens (including phenoxy) is 1. The third kappa shape index (κ3) is 6.75. The fraction of sp³-hybridized carbons (Fsp3) is 0.0800. The van der Waals surface area contributed by atoms with E-state index in [1.54, 1.807) is 36.4 Å². The molecule has 34 heavy (non-hydrogen) atoms. The maximum absolute atomic E-state index is 12.5. The summed E-state index contributed by atoms with van der Waals surface area (Å²) in [5, 5.41) is 15.7. The van der Waals surface area contributed by atoms with Crippen molar-refractivity contribution in [3.05, 3.63) is 92.4 Å². The van der Waals surface area contributed by atoms with Gasteiger partial charge in [0.05, 0.1) is 15.1 Å². The largest absolute Gasteiger partial charge is 0.482 e. The molecular formula is C25H18Cl3N3O3. The molecule has 0 radical (unpaired) electrons. The van der Waals surface area contributed by atoms with Gasteiger partial charge < -0.3 is 15.4 Å². The molecule has 0 spiro atoms. The molecule has 172 valence electrons. The smallest absolute Gasteiger partial charge is 0.266 e. The first kappa shape index (κ1) is 25.1. The number of para-hydroxylation sites is 1. The average Bonchev–Trinajstić information content (AvgIpc) is 2.80. The van der Waals surface area contributed by atoms with Crippen molar-refractivity contribution in [3.8, 4) is 11.8 Å². The molecular weight excluding hydrogens is 497 g/mol. The zero-order valence-electron chi connectivity index (χ0n) is 17.9. The van der Waals surface area contributed by atoms with E-state index in [9.17, 15) is 14.9 Å². The molecule has 3 aromatic rings. The van der Waals surface area contributed by atoms with E-state index < -0.39 is 11.8 Å². The van der Waals surface area contributed by atoms with E-state index in [1.807, 2.05) is 25.1 Å². The number of carbonyl (C=O) groups is 2. The third-order valence-electron chi connectivity index (χ3n) is 4.59. The number of hydrogen-bond acceptors (Lipinski definition) is 4. The van der Waals surface area contributed by atoms with Gasteiger partial charge in [0, 0.05) is 11.4 Å². The second-order valence-corrected chi connectivity index (χ2v) is 8.32. The van der Waals surface area contributed by atoms with Crippen molar-refractivity contribution >= 4 is 64.1 Å². The fourth-order valence-electron chi connectivity index (χ4n) is 2.86. The molecule has 3 rings (SSSR count). The number of nitriles is 1. The molecule has 0 fully saturated rings. The Balaban J connectivity index is 1.64. The lowest BCUT2D eigenvalue weighted by atomic mass is 10.1. The van der Waals surface area contributed by atoms with Gasteiger partial charge in [0.25, 0.3) is 11.8 Å². The summed E-state index contributed by atoms with van der Waals surface area (Å²) in [7, 11) is 0. The monoisotopic (exact) mass is 513 g/mol. The van der Waals surface area contributed by atoms with Gasteiger partial charge in [-0.15, -0.1) is 0 Å². The van der Waals surface area contributed by atoms with Gasteiger partial charge in [-0.05, 0) is 60.5 Å². The van der Waals surface area contributed by atoms with E-state index in [0.29, 0.717) is 27.0 Å². The molecule has 0 bridgehead atoms. The predicted octanol–water partition coefficient (Wildman–Crippen LogP) is 6.52. The first-order chi connectivity index (χ1) is 16.3. The molecule has 0 unspecified atom stereocenters. The zero-order chi connectivity index (χ0) is 24.7. The van der Waals surface area contributed by atoms with Gasteiger partial charge in [0.1, 0.15) is 17.4 Å². The number of anilines is 2. The van der Waals surface area contributed by atoms with Gasteiger partial charge in [-0.1, -0.05) is 59.1 Å². The Morgan fingerprint density at radius 1 is 0.971 bits per heavy atom. The van der Waals surface area contributed by atoms with Crippen LogP contribution in [-0.4, -0.2) is 18.4 Å². The van der Waals surface area contributed by atoms with Gasteiger partial charge in [-0.25, -0.2) is 0 Å². The highest BCUT2D eigenvalue weighted by Crippen LogP contribution is 2.27. The maximum atomic E-state index is 12.5. The highest BCUT2D eigenvalue weighted by Gasteiger charge is 2.12. The highest BCUT2D eigenvalue weighted by molar-refractivity contribution is 6.42. The predicted molar refractivity (Wildman–Crippen MR) is 135 cm³/mol.